The Hall–Kier alpha value is 0.550. The molecule has 0 rings (SSSR count). The van der Waals surface area contributed by atoms with Crippen LogP contribution in [-0.4, -0.2) is 48.9 Å². The van der Waals surface area contributed by atoms with Gasteiger partial charge < -0.3 is 18.9 Å². The summed E-state index contributed by atoms with van der Waals surface area (Å²) in [5, 5.41) is 0.446. The molecule has 0 radical (unpaired) electrons. The van der Waals surface area contributed by atoms with Gasteiger partial charge in [0, 0.05) is 18.5 Å². The maximum atomic E-state index is 12.2. The Kier molecular flexibility index (Phi) is 40.8. The van der Waals surface area contributed by atoms with Crippen molar-refractivity contribution in [3.63, 3.8) is 0 Å². The number of unbranched alkanes of at least 4 members (excludes halogenated alkanes) is 30. The average molecular weight is 768 g/mol. The molecule has 0 saturated heterocycles. The molecule has 0 fully saturated rings. The highest BCUT2D eigenvalue weighted by atomic mass is 79.9. The van der Waals surface area contributed by atoms with Gasteiger partial charge in [0.05, 0.1) is 19.4 Å². The van der Waals surface area contributed by atoms with E-state index in [0.29, 0.717) is 18.5 Å². The van der Waals surface area contributed by atoms with E-state index < -0.39 is 7.60 Å². The van der Waals surface area contributed by atoms with Crippen LogP contribution in [0.15, 0.2) is 0 Å². The van der Waals surface area contributed by atoms with Crippen LogP contribution in [0.1, 0.15) is 219 Å². The van der Waals surface area contributed by atoms with Gasteiger partial charge in [-0.3, -0.25) is 4.57 Å². The Bertz CT molecular complexity index is 652. The molecule has 1 unspecified atom stereocenters. The van der Waals surface area contributed by atoms with E-state index >= 15 is 0 Å². The minimum Gasteiger partial charge on any atom is -0.379 e. The molecule has 2 atom stereocenters. The largest absolute Gasteiger partial charge is 0.379 e. The smallest absolute Gasteiger partial charge is 0.329 e. The Morgan fingerprint density at radius 3 is 1.12 bits per heavy atom. The molecule has 0 spiro atoms. The first kappa shape index (κ1) is 48.5. The monoisotopic (exact) mass is 767 g/mol. The Balaban J connectivity index is 3.78. The van der Waals surface area contributed by atoms with Gasteiger partial charge in [0.15, 0.2) is 0 Å². The summed E-state index contributed by atoms with van der Waals surface area (Å²) in [6.07, 6.45) is 43.2. The third-order valence-corrected chi connectivity index (χ3v) is 12.0. The highest BCUT2D eigenvalue weighted by Gasteiger charge is 2.21. The molecule has 0 saturated carbocycles. The van der Waals surface area contributed by atoms with E-state index in [0.717, 1.165) is 19.4 Å². The number of alkyl halides is 1. The Morgan fingerprint density at radius 1 is 0.479 bits per heavy atom. The van der Waals surface area contributed by atoms with Crippen LogP contribution in [0, 0.1) is 0 Å². The molecular weight excluding hydrogens is 683 g/mol. The molecule has 290 valence electrons. The van der Waals surface area contributed by atoms with Crippen LogP contribution < -0.4 is 0 Å². The Morgan fingerprint density at radius 2 is 0.792 bits per heavy atom. The maximum absolute atomic E-state index is 12.2. The minimum atomic E-state index is -3.58. The molecule has 0 aliphatic rings. The summed E-state index contributed by atoms with van der Waals surface area (Å²) < 4.78 is 29.6. The standard InChI is InChI=1S/C41H84BrO5P/c1-3-5-7-9-11-13-15-17-19-21-23-25-27-29-31-33-36-45-39-41(40-47-48(43,44)38-35-42)46-37-34-32-30-28-26-24-22-20-18-16-14-12-10-8-6-4-2/h41H,3-40H2,1-2H3,(H,43,44)/t41-/m0/s1. The lowest BCUT2D eigenvalue weighted by molar-refractivity contribution is -0.0402. The predicted molar refractivity (Wildman–Crippen MR) is 214 cm³/mol. The lowest BCUT2D eigenvalue weighted by atomic mass is 10.0. The molecule has 0 aromatic heterocycles. The van der Waals surface area contributed by atoms with Gasteiger partial charge in [0.25, 0.3) is 0 Å². The van der Waals surface area contributed by atoms with Crippen molar-refractivity contribution in [3.05, 3.63) is 0 Å². The van der Waals surface area contributed by atoms with Crippen LogP contribution >= 0.6 is 23.5 Å². The van der Waals surface area contributed by atoms with E-state index in [4.69, 9.17) is 14.0 Å². The zero-order chi connectivity index (χ0) is 35.1. The van der Waals surface area contributed by atoms with Crippen LogP contribution in [0.2, 0.25) is 0 Å². The summed E-state index contributed by atoms with van der Waals surface area (Å²) >= 11 is 3.24. The van der Waals surface area contributed by atoms with E-state index in [1.54, 1.807) is 0 Å². The first-order chi connectivity index (χ1) is 23.6. The summed E-state index contributed by atoms with van der Waals surface area (Å²) in [4.78, 5) is 10.0. The fraction of sp³-hybridized carbons (Fsp3) is 1.00. The van der Waals surface area contributed by atoms with Gasteiger partial charge >= 0.3 is 7.60 Å². The SMILES string of the molecule is CCCCCCCCCCCCCCCCCCOC[C@@H](COP(=O)(O)CCBr)OCCCCCCCCCCCCCCCCCC. The summed E-state index contributed by atoms with van der Waals surface area (Å²) in [5.41, 5.74) is 0. The average Bonchev–Trinajstić information content (AvgIpc) is 3.07. The molecule has 5 nitrogen and oxygen atoms in total. The first-order valence-corrected chi connectivity index (χ1v) is 24.2. The van der Waals surface area contributed by atoms with Crippen molar-refractivity contribution in [2.45, 2.75) is 225 Å². The lowest BCUT2D eigenvalue weighted by Gasteiger charge is -2.20. The number of rotatable bonds is 42. The maximum Gasteiger partial charge on any atom is 0.329 e. The molecule has 0 bridgehead atoms. The quantitative estimate of drug-likeness (QED) is 0.0381. The zero-order valence-electron chi connectivity index (χ0n) is 32.4. The van der Waals surface area contributed by atoms with Crippen LogP contribution in [0.4, 0.5) is 0 Å². The molecule has 7 heteroatoms. The molecule has 0 heterocycles. The normalized spacial score (nSPS) is 13.7. The van der Waals surface area contributed by atoms with Gasteiger partial charge in [-0.2, -0.15) is 0 Å². The second-order valence-corrected chi connectivity index (χ2v) is 17.3. The molecule has 0 aliphatic heterocycles. The van der Waals surface area contributed by atoms with Crippen molar-refractivity contribution in [1.29, 1.82) is 0 Å². The van der Waals surface area contributed by atoms with Gasteiger partial charge in [-0.05, 0) is 12.8 Å². The lowest BCUT2D eigenvalue weighted by Crippen LogP contribution is -2.26. The number of hydrogen-bond acceptors (Lipinski definition) is 4. The molecule has 0 aromatic rings. The van der Waals surface area contributed by atoms with E-state index in [9.17, 15) is 9.46 Å². The van der Waals surface area contributed by atoms with Gasteiger partial charge in [-0.15, -0.1) is 0 Å². The van der Waals surface area contributed by atoms with Crippen LogP contribution in [0.3, 0.4) is 0 Å². The summed E-state index contributed by atoms with van der Waals surface area (Å²) in [7, 11) is -3.58. The summed E-state index contributed by atoms with van der Waals surface area (Å²) in [6.45, 7) is 6.48. The van der Waals surface area contributed by atoms with Crippen molar-refractivity contribution in [3.8, 4) is 0 Å². The highest BCUT2D eigenvalue weighted by Crippen LogP contribution is 2.42. The Labute approximate surface area is 309 Å². The summed E-state index contributed by atoms with van der Waals surface area (Å²) in [5.74, 6) is 0. The highest BCUT2D eigenvalue weighted by molar-refractivity contribution is 9.09. The fourth-order valence-electron chi connectivity index (χ4n) is 6.38. The molecule has 0 aliphatic carbocycles. The second-order valence-electron chi connectivity index (χ2n) is 14.5. The zero-order valence-corrected chi connectivity index (χ0v) is 34.8. The van der Waals surface area contributed by atoms with Crippen molar-refractivity contribution in [1.82, 2.24) is 0 Å². The third kappa shape index (κ3) is 39.3. The van der Waals surface area contributed by atoms with E-state index in [2.05, 4.69) is 29.8 Å². The van der Waals surface area contributed by atoms with E-state index in [-0.39, 0.29) is 18.9 Å². The van der Waals surface area contributed by atoms with Crippen molar-refractivity contribution >= 4 is 23.5 Å². The number of hydrogen-bond donors (Lipinski definition) is 1. The van der Waals surface area contributed by atoms with E-state index in [1.807, 2.05) is 0 Å². The van der Waals surface area contributed by atoms with E-state index in [1.165, 1.54) is 193 Å². The van der Waals surface area contributed by atoms with Crippen molar-refractivity contribution < 1.29 is 23.5 Å². The minimum absolute atomic E-state index is 0.110. The molecular formula is C41H84BrO5P. The molecule has 1 N–H and O–H groups in total. The van der Waals surface area contributed by atoms with Gasteiger partial charge in [-0.25, -0.2) is 0 Å². The van der Waals surface area contributed by atoms with Gasteiger partial charge in [-0.1, -0.05) is 222 Å². The molecule has 48 heavy (non-hydrogen) atoms. The topological polar surface area (TPSA) is 65.0 Å². The third-order valence-electron chi connectivity index (χ3n) is 9.63. The number of halogens is 1. The van der Waals surface area contributed by atoms with Gasteiger partial charge in [0.1, 0.15) is 6.10 Å². The van der Waals surface area contributed by atoms with Crippen LogP contribution in [0.25, 0.3) is 0 Å². The number of ether oxygens (including phenoxy) is 2. The molecule has 0 aromatic carbocycles. The molecule has 0 amide bonds. The predicted octanol–water partition coefficient (Wildman–Crippen LogP) is 14.5. The van der Waals surface area contributed by atoms with Crippen LogP contribution in [-0.2, 0) is 18.6 Å². The van der Waals surface area contributed by atoms with Crippen LogP contribution in [0.5, 0.6) is 0 Å². The second kappa shape index (κ2) is 40.3. The van der Waals surface area contributed by atoms with Gasteiger partial charge in [0.2, 0.25) is 0 Å². The van der Waals surface area contributed by atoms with Crippen molar-refractivity contribution in [2.75, 3.05) is 37.9 Å². The first-order valence-electron chi connectivity index (χ1n) is 21.3. The fourth-order valence-corrected chi connectivity index (χ4v) is 8.47. The van der Waals surface area contributed by atoms with Crippen molar-refractivity contribution in [2.24, 2.45) is 0 Å². The summed E-state index contributed by atoms with van der Waals surface area (Å²) in [6, 6.07) is 0.